The number of amides is 2. The molecule has 1 saturated heterocycles. The number of carboxylic acid groups (broad SMARTS) is 1. The van der Waals surface area contributed by atoms with Gasteiger partial charge in [0.15, 0.2) is 0 Å². The highest BCUT2D eigenvalue weighted by atomic mass is 16.4. The Bertz CT molecular complexity index is 715. The Morgan fingerprint density at radius 2 is 1.88 bits per heavy atom. The van der Waals surface area contributed by atoms with E-state index in [-0.39, 0.29) is 18.2 Å². The van der Waals surface area contributed by atoms with Gasteiger partial charge in [0.05, 0.1) is 5.92 Å². The number of aryl methyl sites for hydroxylation is 2. The Balaban J connectivity index is 2.59. The van der Waals surface area contributed by atoms with Gasteiger partial charge in [0.2, 0.25) is 11.8 Å². The molecule has 1 N–H and O–H groups in total. The molecule has 0 aromatic heterocycles. The second kappa shape index (κ2) is 6.86. The zero-order chi connectivity index (χ0) is 18.9. The summed E-state index contributed by atoms with van der Waals surface area (Å²) in [7, 11) is 0. The molecule has 25 heavy (non-hydrogen) atoms. The third kappa shape index (κ3) is 3.52. The molecule has 6 heteroatoms. The van der Waals surface area contributed by atoms with E-state index in [1.807, 2.05) is 32.0 Å². The lowest BCUT2D eigenvalue weighted by molar-refractivity contribution is -0.151. The maximum Gasteiger partial charge on any atom is 0.306 e. The fourth-order valence-electron chi connectivity index (χ4n) is 3.95. The van der Waals surface area contributed by atoms with Gasteiger partial charge in [-0.15, -0.1) is 0 Å². The van der Waals surface area contributed by atoms with Gasteiger partial charge in [-0.1, -0.05) is 17.7 Å². The zero-order valence-corrected chi connectivity index (χ0v) is 15.5. The Labute approximate surface area is 148 Å². The largest absolute Gasteiger partial charge is 0.481 e. The van der Waals surface area contributed by atoms with Crippen molar-refractivity contribution < 1.29 is 19.5 Å². The Morgan fingerprint density at radius 1 is 1.24 bits per heavy atom. The average Bonchev–Trinajstić information content (AvgIpc) is 2.48. The number of benzene rings is 1. The zero-order valence-electron chi connectivity index (χ0n) is 15.5. The normalized spacial score (nSPS) is 23.2. The van der Waals surface area contributed by atoms with Crippen LogP contribution < -0.4 is 4.90 Å². The third-order valence-corrected chi connectivity index (χ3v) is 5.03. The smallest absolute Gasteiger partial charge is 0.306 e. The van der Waals surface area contributed by atoms with E-state index in [1.165, 1.54) is 13.8 Å². The summed E-state index contributed by atoms with van der Waals surface area (Å²) in [6.45, 7) is 8.89. The van der Waals surface area contributed by atoms with Crippen molar-refractivity contribution in [2.24, 2.45) is 5.92 Å². The number of nitrogens with zero attached hydrogens (tertiary/aromatic N) is 2. The molecule has 1 fully saturated rings. The fraction of sp³-hybridized carbons (Fsp3) is 0.526. The molecular weight excluding hydrogens is 320 g/mol. The minimum Gasteiger partial charge on any atom is -0.481 e. The van der Waals surface area contributed by atoms with Gasteiger partial charge < -0.3 is 10.0 Å². The van der Waals surface area contributed by atoms with Crippen molar-refractivity contribution in [2.45, 2.75) is 53.1 Å². The van der Waals surface area contributed by atoms with Crippen molar-refractivity contribution in [3.8, 4) is 0 Å². The Hall–Kier alpha value is -2.37. The molecule has 1 aliphatic heterocycles. The van der Waals surface area contributed by atoms with E-state index >= 15 is 0 Å². The van der Waals surface area contributed by atoms with E-state index in [0.29, 0.717) is 18.7 Å². The molecule has 0 spiro atoms. The standard InChI is InChI=1S/C19H26N2O4/c1-12-6-7-17(13(2)10-12)21(15(4)23)19(5)11-16(18(24)25)8-9-20(19)14(3)22/h6-7,10,16H,8-9,11H2,1-5H3,(H,24,25). The number of carboxylic acids is 1. The first-order valence-corrected chi connectivity index (χ1v) is 8.47. The molecule has 1 heterocycles. The van der Waals surface area contributed by atoms with Gasteiger partial charge in [-0.3, -0.25) is 19.3 Å². The number of aliphatic carboxylic acids is 1. The fourth-order valence-corrected chi connectivity index (χ4v) is 3.95. The van der Waals surface area contributed by atoms with Gasteiger partial charge >= 0.3 is 5.97 Å². The first-order valence-electron chi connectivity index (χ1n) is 8.47. The molecule has 1 aromatic rings. The molecule has 1 aromatic carbocycles. The van der Waals surface area contributed by atoms with E-state index < -0.39 is 17.6 Å². The summed E-state index contributed by atoms with van der Waals surface area (Å²) in [5.41, 5.74) is 1.68. The summed E-state index contributed by atoms with van der Waals surface area (Å²) in [5, 5.41) is 9.47. The van der Waals surface area contributed by atoms with Crippen LogP contribution in [0.3, 0.4) is 0 Å². The van der Waals surface area contributed by atoms with Crippen LogP contribution in [-0.4, -0.2) is 40.0 Å². The Morgan fingerprint density at radius 3 is 2.36 bits per heavy atom. The molecule has 6 nitrogen and oxygen atoms in total. The maximum atomic E-state index is 12.6. The van der Waals surface area contributed by atoms with E-state index in [0.717, 1.165) is 11.1 Å². The summed E-state index contributed by atoms with van der Waals surface area (Å²) in [5.74, 6) is -1.86. The second-order valence-corrected chi connectivity index (χ2v) is 7.06. The number of likely N-dealkylation sites (tertiary alicyclic amines) is 1. The predicted octanol–water partition coefficient (Wildman–Crippen LogP) is 2.72. The molecule has 136 valence electrons. The molecule has 1 aliphatic rings. The van der Waals surface area contributed by atoms with Crippen molar-refractivity contribution in [2.75, 3.05) is 11.4 Å². The van der Waals surface area contributed by atoms with Crippen LogP contribution in [-0.2, 0) is 14.4 Å². The van der Waals surface area contributed by atoms with Crippen molar-refractivity contribution in [3.63, 3.8) is 0 Å². The van der Waals surface area contributed by atoms with Gasteiger partial charge in [0, 0.05) is 32.5 Å². The molecule has 2 atom stereocenters. The van der Waals surface area contributed by atoms with E-state index in [9.17, 15) is 19.5 Å². The lowest BCUT2D eigenvalue weighted by Crippen LogP contribution is -2.65. The van der Waals surface area contributed by atoms with Crippen LogP contribution in [0.4, 0.5) is 5.69 Å². The quantitative estimate of drug-likeness (QED) is 0.913. The van der Waals surface area contributed by atoms with Crippen LogP contribution in [0, 0.1) is 19.8 Å². The topological polar surface area (TPSA) is 77.9 Å². The summed E-state index contributed by atoms with van der Waals surface area (Å²) in [4.78, 5) is 39.6. The monoisotopic (exact) mass is 346 g/mol. The SMILES string of the molecule is CC(=O)N1CCC(C(=O)O)CC1(C)N(C(C)=O)c1ccc(C)cc1C. The molecular formula is C19H26N2O4. The van der Waals surface area contributed by atoms with E-state index in [2.05, 4.69) is 0 Å². The van der Waals surface area contributed by atoms with Gasteiger partial charge in [0.1, 0.15) is 5.66 Å². The number of carbonyl (C=O) groups excluding carboxylic acids is 2. The number of rotatable bonds is 3. The van der Waals surface area contributed by atoms with Crippen LogP contribution in [0.2, 0.25) is 0 Å². The molecule has 0 radical (unpaired) electrons. The van der Waals surface area contributed by atoms with Crippen LogP contribution >= 0.6 is 0 Å². The van der Waals surface area contributed by atoms with Crippen molar-refractivity contribution >= 4 is 23.5 Å². The number of carbonyl (C=O) groups is 3. The molecule has 2 unspecified atom stereocenters. The lowest BCUT2D eigenvalue weighted by Gasteiger charge is -2.52. The van der Waals surface area contributed by atoms with E-state index in [1.54, 1.807) is 16.7 Å². The minimum absolute atomic E-state index is 0.164. The molecule has 0 aliphatic carbocycles. The molecule has 2 amide bonds. The molecule has 0 saturated carbocycles. The number of hydrogen-bond donors (Lipinski definition) is 1. The number of anilines is 1. The van der Waals surface area contributed by atoms with E-state index in [4.69, 9.17) is 0 Å². The van der Waals surface area contributed by atoms with Gasteiger partial charge in [-0.2, -0.15) is 0 Å². The third-order valence-electron chi connectivity index (χ3n) is 5.03. The van der Waals surface area contributed by atoms with Crippen molar-refractivity contribution in [1.82, 2.24) is 4.90 Å². The first-order chi connectivity index (χ1) is 11.6. The summed E-state index contributed by atoms with van der Waals surface area (Å²) < 4.78 is 0. The predicted molar refractivity (Wildman–Crippen MR) is 95.2 cm³/mol. The second-order valence-electron chi connectivity index (χ2n) is 7.06. The summed E-state index contributed by atoms with van der Waals surface area (Å²) in [6, 6.07) is 5.75. The van der Waals surface area contributed by atoms with Crippen LogP contribution in [0.5, 0.6) is 0 Å². The van der Waals surface area contributed by atoms with Crippen molar-refractivity contribution in [1.29, 1.82) is 0 Å². The average molecular weight is 346 g/mol. The Kier molecular flexibility index (Phi) is 5.20. The van der Waals surface area contributed by atoms with Crippen molar-refractivity contribution in [3.05, 3.63) is 29.3 Å². The summed E-state index contributed by atoms with van der Waals surface area (Å²) >= 11 is 0. The number of hydrogen-bond acceptors (Lipinski definition) is 3. The highest BCUT2D eigenvalue weighted by Gasteiger charge is 2.48. The number of piperidine rings is 1. The van der Waals surface area contributed by atoms with Crippen LogP contribution in [0.15, 0.2) is 18.2 Å². The van der Waals surface area contributed by atoms with Gasteiger partial charge in [-0.05, 0) is 38.8 Å². The van der Waals surface area contributed by atoms with Gasteiger partial charge in [0.25, 0.3) is 0 Å². The van der Waals surface area contributed by atoms with Crippen LogP contribution in [0.25, 0.3) is 0 Å². The van der Waals surface area contributed by atoms with Crippen LogP contribution in [0.1, 0.15) is 44.7 Å². The first kappa shape index (κ1) is 19.0. The lowest BCUT2D eigenvalue weighted by atomic mass is 9.85. The minimum atomic E-state index is -1.01. The maximum absolute atomic E-state index is 12.6. The molecule has 2 rings (SSSR count). The molecule has 0 bridgehead atoms. The highest BCUT2D eigenvalue weighted by molar-refractivity contribution is 5.95. The van der Waals surface area contributed by atoms with Gasteiger partial charge in [-0.25, -0.2) is 0 Å². The highest BCUT2D eigenvalue weighted by Crippen LogP contribution is 2.39. The summed E-state index contributed by atoms with van der Waals surface area (Å²) in [6.07, 6.45) is 0.595.